The van der Waals surface area contributed by atoms with Crippen LogP contribution in [0.5, 0.6) is 5.75 Å². The molecule has 0 saturated carbocycles. The van der Waals surface area contributed by atoms with E-state index in [0.29, 0.717) is 17.0 Å². The molecule has 2 aromatic carbocycles. The number of nitrogen functional groups attached to an aromatic ring is 1. The normalized spacial score (nSPS) is 15.0. The number of anilines is 2. The summed E-state index contributed by atoms with van der Waals surface area (Å²) in [5, 5.41) is 4.82. The minimum Gasteiger partial charge on any atom is -0.497 e. The van der Waals surface area contributed by atoms with E-state index in [1.807, 2.05) is 61.5 Å². The molecule has 1 fully saturated rings. The molecule has 1 saturated heterocycles. The lowest BCUT2D eigenvalue weighted by Crippen LogP contribution is -2.30. The van der Waals surface area contributed by atoms with Gasteiger partial charge in [-0.1, -0.05) is 49.4 Å². The van der Waals surface area contributed by atoms with E-state index in [9.17, 15) is 4.79 Å². The number of rotatable bonds is 5. The van der Waals surface area contributed by atoms with Gasteiger partial charge in [-0.3, -0.25) is 4.79 Å². The molecular weight excluding hydrogens is 414 g/mol. The van der Waals surface area contributed by atoms with Crippen LogP contribution in [-0.2, 0) is 0 Å². The fourth-order valence-electron chi connectivity index (χ4n) is 4.78. The van der Waals surface area contributed by atoms with Crippen molar-refractivity contribution in [1.82, 2.24) is 14.6 Å². The zero-order valence-electron chi connectivity index (χ0n) is 19.0. The van der Waals surface area contributed by atoms with Gasteiger partial charge in [0.1, 0.15) is 22.9 Å². The molecule has 5 rings (SSSR count). The van der Waals surface area contributed by atoms with Gasteiger partial charge in [0.15, 0.2) is 5.65 Å². The van der Waals surface area contributed by atoms with Crippen molar-refractivity contribution in [2.45, 2.75) is 32.1 Å². The van der Waals surface area contributed by atoms with Crippen LogP contribution in [0.3, 0.4) is 0 Å². The van der Waals surface area contributed by atoms with Crippen molar-refractivity contribution in [2.75, 3.05) is 30.8 Å². The van der Waals surface area contributed by atoms with E-state index in [1.165, 1.54) is 10.9 Å². The van der Waals surface area contributed by atoms with Crippen LogP contribution in [0.1, 0.15) is 43.2 Å². The number of aromatic amines is 1. The van der Waals surface area contributed by atoms with Crippen molar-refractivity contribution < 1.29 is 4.74 Å². The Bertz CT molecular complexity index is 1320. The van der Waals surface area contributed by atoms with Crippen molar-refractivity contribution in [3.8, 4) is 17.0 Å². The third-order valence-electron chi connectivity index (χ3n) is 6.59. The summed E-state index contributed by atoms with van der Waals surface area (Å²) < 4.78 is 6.76. The molecule has 4 aromatic rings. The zero-order chi connectivity index (χ0) is 22.9. The van der Waals surface area contributed by atoms with Gasteiger partial charge in [0, 0.05) is 24.6 Å². The van der Waals surface area contributed by atoms with Gasteiger partial charge < -0.3 is 20.4 Å². The molecule has 3 N–H and O–H groups in total. The molecule has 0 aliphatic carbocycles. The summed E-state index contributed by atoms with van der Waals surface area (Å²) in [4.78, 5) is 19.4. The van der Waals surface area contributed by atoms with Crippen LogP contribution in [0.15, 0.2) is 59.4 Å². The minimum atomic E-state index is -0.202. The molecule has 1 atom stereocenters. The molecule has 1 aliphatic heterocycles. The van der Waals surface area contributed by atoms with Gasteiger partial charge in [-0.25, -0.2) is 0 Å². The van der Waals surface area contributed by atoms with Crippen molar-refractivity contribution in [1.29, 1.82) is 0 Å². The highest BCUT2D eigenvalue weighted by atomic mass is 16.5. The topological polar surface area (TPSA) is 88.7 Å². The Balaban J connectivity index is 1.69. The Kier molecular flexibility index (Phi) is 5.54. The number of fused-ring (bicyclic) bond motifs is 1. The highest BCUT2D eigenvalue weighted by Crippen LogP contribution is 2.36. The SMILES string of the molecule is COc1ccc(C(C)c2c(N)[nH]c3c(N4CCCCC4)c(-c4ccccc4)nn3c2=O)cc1. The van der Waals surface area contributed by atoms with E-state index in [-0.39, 0.29) is 11.5 Å². The van der Waals surface area contributed by atoms with Crippen LogP contribution in [0.4, 0.5) is 11.5 Å². The number of ether oxygens (including phenoxy) is 1. The van der Waals surface area contributed by atoms with Gasteiger partial charge in [0.05, 0.1) is 12.7 Å². The van der Waals surface area contributed by atoms with Gasteiger partial charge in [0.25, 0.3) is 5.56 Å². The van der Waals surface area contributed by atoms with E-state index in [1.54, 1.807) is 7.11 Å². The molecule has 170 valence electrons. The third kappa shape index (κ3) is 3.73. The molecular formula is C26H29N5O2. The second kappa shape index (κ2) is 8.65. The first-order chi connectivity index (χ1) is 16.1. The summed E-state index contributed by atoms with van der Waals surface area (Å²) in [6.07, 6.45) is 3.47. The quantitative estimate of drug-likeness (QED) is 0.477. The molecule has 33 heavy (non-hydrogen) atoms. The number of nitrogens with one attached hydrogen (secondary N) is 1. The summed E-state index contributed by atoms with van der Waals surface area (Å²) in [6, 6.07) is 17.7. The smallest absolute Gasteiger partial charge is 0.280 e. The molecule has 1 aliphatic rings. The molecule has 0 bridgehead atoms. The molecule has 1 unspecified atom stereocenters. The van der Waals surface area contributed by atoms with Gasteiger partial charge in [-0.15, -0.1) is 0 Å². The maximum absolute atomic E-state index is 13.7. The first-order valence-electron chi connectivity index (χ1n) is 11.5. The van der Waals surface area contributed by atoms with Crippen LogP contribution < -0.4 is 20.9 Å². The molecule has 3 heterocycles. The number of benzene rings is 2. The first-order valence-corrected chi connectivity index (χ1v) is 11.5. The Labute approximate surface area is 192 Å². The van der Waals surface area contributed by atoms with Crippen LogP contribution in [0.25, 0.3) is 16.9 Å². The fraction of sp³-hybridized carbons (Fsp3) is 0.308. The van der Waals surface area contributed by atoms with Crippen molar-refractivity contribution in [2.24, 2.45) is 0 Å². The first kappa shape index (κ1) is 21.1. The Morgan fingerprint density at radius 3 is 2.39 bits per heavy atom. The molecule has 2 aromatic heterocycles. The van der Waals surface area contributed by atoms with Crippen molar-refractivity contribution in [3.05, 3.63) is 76.1 Å². The number of nitrogens with zero attached hydrogens (tertiary/aromatic N) is 3. The summed E-state index contributed by atoms with van der Waals surface area (Å²) >= 11 is 0. The lowest BCUT2D eigenvalue weighted by atomic mass is 9.94. The number of aromatic nitrogens is 3. The monoisotopic (exact) mass is 443 g/mol. The third-order valence-corrected chi connectivity index (χ3v) is 6.59. The summed E-state index contributed by atoms with van der Waals surface area (Å²) in [6.45, 7) is 3.86. The minimum absolute atomic E-state index is 0.190. The van der Waals surface area contributed by atoms with Gasteiger partial charge in [-0.05, 0) is 37.0 Å². The fourth-order valence-corrected chi connectivity index (χ4v) is 4.78. The number of H-pyrrole nitrogens is 1. The van der Waals surface area contributed by atoms with Crippen LogP contribution in [-0.4, -0.2) is 34.8 Å². The Morgan fingerprint density at radius 1 is 1.03 bits per heavy atom. The van der Waals surface area contributed by atoms with E-state index in [4.69, 9.17) is 15.6 Å². The predicted molar refractivity (Wildman–Crippen MR) is 132 cm³/mol. The average molecular weight is 444 g/mol. The molecule has 0 radical (unpaired) electrons. The van der Waals surface area contributed by atoms with E-state index >= 15 is 0 Å². The van der Waals surface area contributed by atoms with Crippen molar-refractivity contribution >= 4 is 17.2 Å². The molecule has 7 nitrogen and oxygen atoms in total. The average Bonchev–Trinajstić information content (AvgIpc) is 3.24. The largest absolute Gasteiger partial charge is 0.497 e. The summed E-state index contributed by atoms with van der Waals surface area (Å²) in [5.41, 5.74) is 11.2. The number of piperidine rings is 1. The van der Waals surface area contributed by atoms with Crippen molar-refractivity contribution in [3.63, 3.8) is 0 Å². The Morgan fingerprint density at radius 2 is 1.73 bits per heavy atom. The summed E-state index contributed by atoms with van der Waals surface area (Å²) in [5.74, 6) is 0.953. The lowest BCUT2D eigenvalue weighted by Gasteiger charge is -2.28. The number of hydrogen-bond acceptors (Lipinski definition) is 5. The van der Waals surface area contributed by atoms with Crippen LogP contribution >= 0.6 is 0 Å². The molecule has 7 heteroatoms. The highest BCUT2D eigenvalue weighted by molar-refractivity contribution is 5.86. The number of hydrogen-bond donors (Lipinski definition) is 2. The van der Waals surface area contributed by atoms with E-state index in [0.717, 1.165) is 54.2 Å². The zero-order valence-corrected chi connectivity index (χ0v) is 19.0. The lowest BCUT2D eigenvalue weighted by molar-refractivity contribution is 0.414. The maximum Gasteiger partial charge on any atom is 0.280 e. The summed E-state index contributed by atoms with van der Waals surface area (Å²) in [7, 11) is 1.64. The number of nitrogens with two attached hydrogens (primary N) is 1. The molecule has 0 spiro atoms. The Hall–Kier alpha value is -3.74. The van der Waals surface area contributed by atoms with Gasteiger partial charge in [0.2, 0.25) is 0 Å². The van der Waals surface area contributed by atoms with Crippen LogP contribution in [0, 0.1) is 0 Å². The molecule has 0 amide bonds. The standard InChI is InChI=1S/C26H29N5O2/c1-17(18-11-13-20(33-2)14-12-18)21-24(27)28-25-23(30-15-7-4-8-16-30)22(29-31(25)26(21)32)19-9-5-3-6-10-19/h3,5-6,9-14,17,28H,4,7-8,15-16,27H2,1-2H3. The van der Waals surface area contributed by atoms with E-state index in [2.05, 4.69) is 9.88 Å². The second-order valence-corrected chi connectivity index (χ2v) is 8.62. The van der Waals surface area contributed by atoms with Crippen LogP contribution in [0.2, 0.25) is 0 Å². The second-order valence-electron chi connectivity index (χ2n) is 8.62. The van der Waals surface area contributed by atoms with Gasteiger partial charge >= 0.3 is 0 Å². The predicted octanol–water partition coefficient (Wildman–Crippen LogP) is 4.42. The highest BCUT2D eigenvalue weighted by Gasteiger charge is 2.26. The van der Waals surface area contributed by atoms with E-state index < -0.39 is 0 Å². The number of methoxy groups -OCH3 is 1. The van der Waals surface area contributed by atoms with Gasteiger partial charge in [-0.2, -0.15) is 9.61 Å². The maximum atomic E-state index is 13.7.